The summed E-state index contributed by atoms with van der Waals surface area (Å²) in [5.41, 5.74) is 13.9. The van der Waals surface area contributed by atoms with Crippen LogP contribution in [0.25, 0.3) is 0 Å². The van der Waals surface area contributed by atoms with E-state index in [1.54, 1.807) is 0 Å². The Morgan fingerprint density at radius 2 is 0.800 bits per heavy atom. The van der Waals surface area contributed by atoms with Crippen molar-refractivity contribution in [3.05, 3.63) is 215 Å². The predicted molar refractivity (Wildman–Crippen MR) is 257 cm³/mol. The number of nitrogens with two attached hydrogens (primary N) is 1. The van der Waals surface area contributed by atoms with Gasteiger partial charge in [-0.15, -0.1) is 23.5 Å². The molecule has 0 radical (unpaired) electrons. The molecule has 1 saturated heterocycles. The lowest BCUT2D eigenvalue weighted by Crippen LogP contribution is -2.52. The van der Waals surface area contributed by atoms with Gasteiger partial charge in [0.25, 0.3) is 0 Å². The minimum absolute atomic E-state index is 0.153. The van der Waals surface area contributed by atoms with E-state index in [2.05, 4.69) is 219 Å². The lowest BCUT2D eigenvalue weighted by molar-refractivity contribution is -0.123. The van der Waals surface area contributed by atoms with Gasteiger partial charge in [-0.1, -0.05) is 188 Å². The normalized spacial score (nSPS) is 16.4. The summed E-state index contributed by atoms with van der Waals surface area (Å²) in [7, 11) is 0. The first-order valence-corrected chi connectivity index (χ1v) is 23.1. The number of carbonyl (C=O) groups is 1. The van der Waals surface area contributed by atoms with Crippen molar-refractivity contribution in [3.63, 3.8) is 0 Å². The van der Waals surface area contributed by atoms with Gasteiger partial charge in [0.2, 0.25) is 5.91 Å². The number of carbonyl (C=O) groups excluding carboxylic acids is 1. The van der Waals surface area contributed by atoms with Gasteiger partial charge in [0.15, 0.2) is 0 Å². The number of hydrogen-bond donors (Lipinski definition) is 1. The van der Waals surface area contributed by atoms with Gasteiger partial charge < -0.3 is 10.6 Å². The van der Waals surface area contributed by atoms with Crippen LogP contribution in [0.15, 0.2) is 182 Å². The molecule has 1 atom stereocenters. The van der Waals surface area contributed by atoms with Crippen LogP contribution < -0.4 is 5.73 Å². The molecule has 7 rings (SSSR count). The average molecular weight is 832 g/mol. The molecule has 0 aliphatic carbocycles. The molecule has 1 aliphatic heterocycles. The largest absolute Gasteiger partial charge is 0.368 e. The van der Waals surface area contributed by atoms with Crippen LogP contribution in [-0.2, 0) is 14.3 Å². The molecule has 0 aromatic heterocycles. The molecule has 0 spiro atoms. The molecule has 1 unspecified atom stereocenters. The second-order valence-electron chi connectivity index (χ2n) is 17.4. The molecule has 60 heavy (non-hydrogen) atoms. The van der Waals surface area contributed by atoms with E-state index in [-0.39, 0.29) is 21.4 Å². The fourth-order valence-electron chi connectivity index (χ4n) is 9.37. The van der Waals surface area contributed by atoms with Crippen LogP contribution in [0.4, 0.5) is 0 Å². The topological polar surface area (TPSA) is 49.6 Å². The van der Waals surface area contributed by atoms with Crippen LogP contribution in [-0.4, -0.2) is 64.0 Å². The van der Waals surface area contributed by atoms with Crippen LogP contribution in [0.3, 0.4) is 0 Å². The van der Waals surface area contributed by atoms with Crippen molar-refractivity contribution in [2.24, 2.45) is 5.73 Å². The Kier molecular flexibility index (Phi) is 14.1. The van der Waals surface area contributed by atoms with Crippen molar-refractivity contribution in [1.82, 2.24) is 9.80 Å². The summed E-state index contributed by atoms with van der Waals surface area (Å²) in [6, 6.07) is 65.4. The molecule has 1 aliphatic rings. The van der Waals surface area contributed by atoms with E-state index >= 15 is 0 Å². The highest BCUT2D eigenvalue weighted by atomic mass is 32.2. The Morgan fingerprint density at radius 3 is 1.12 bits per heavy atom. The third kappa shape index (κ3) is 9.95. The van der Waals surface area contributed by atoms with Crippen LogP contribution in [0.5, 0.6) is 0 Å². The molecular formula is C54H61N3OS2. The van der Waals surface area contributed by atoms with Gasteiger partial charge in [0, 0.05) is 35.7 Å². The van der Waals surface area contributed by atoms with Gasteiger partial charge >= 0.3 is 0 Å². The lowest BCUT2D eigenvalue weighted by Gasteiger charge is -2.45. The zero-order valence-electron chi connectivity index (χ0n) is 35.8. The molecule has 1 fully saturated rings. The number of benzene rings is 6. The number of thioether (sulfide) groups is 2. The predicted octanol–water partition coefficient (Wildman–Crippen LogP) is 11.6. The van der Waals surface area contributed by atoms with Crippen LogP contribution >= 0.6 is 23.5 Å². The van der Waals surface area contributed by atoms with Crippen molar-refractivity contribution >= 4 is 29.4 Å². The zero-order valence-corrected chi connectivity index (χ0v) is 37.4. The number of amides is 1. The van der Waals surface area contributed by atoms with Gasteiger partial charge in [-0.25, -0.2) is 0 Å². The maximum atomic E-state index is 13.4. The Morgan fingerprint density at radius 1 is 0.483 bits per heavy atom. The van der Waals surface area contributed by atoms with Crippen molar-refractivity contribution < 1.29 is 4.79 Å². The van der Waals surface area contributed by atoms with Gasteiger partial charge in [-0.05, 0) is 80.5 Å². The molecule has 0 bridgehead atoms. The van der Waals surface area contributed by atoms with E-state index in [0.29, 0.717) is 6.54 Å². The van der Waals surface area contributed by atoms with Crippen molar-refractivity contribution in [1.29, 1.82) is 0 Å². The number of primary amides is 1. The molecule has 1 heterocycles. The quantitative estimate of drug-likeness (QED) is 0.104. The lowest BCUT2D eigenvalue weighted by atomic mass is 9.84. The zero-order chi connectivity index (χ0) is 42.1. The van der Waals surface area contributed by atoms with Gasteiger partial charge in [-0.2, -0.15) is 0 Å². The summed E-state index contributed by atoms with van der Waals surface area (Å²) in [5, 5.41) is 0. The van der Waals surface area contributed by atoms with Gasteiger partial charge in [0.1, 0.15) is 0 Å². The van der Waals surface area contributed by atoms with Crippen LogP contribution in [0.2, 0.25) is 0 Å². The first-order valence-electron chi connectivity index (χ1n) is 21.5. The SMILES string of the molecule is CC(C)(CN1CCCCC(C(N)=O)N(CC(C)(C)SC(c2ccccc2)(c2ccccc2)c2ccccc2)CC1)SC(c1ccccc1)(c1ccccc1)c1ccccc1. The smallest absolute Gasteiger partial charge is 0.234 e. The highest BCUT2D eigenvalue weighted by Gasteiger charge is 2.45. The third-order valence-electron chi connectivity index (χ3n) is 11.8. The molecule has 1 amide bonds. The highest BCUT2D eigenvalue weighted by molar-refractivity contribution is 8.02. The minimum atomic E-state index is -0.481. The fraction of sp³-hybridized carbons (Fsp3) is 0.315. The molecule has 310 valence electrons. The second kappa shape index (κ2) is 19.4. The maximum absolute atomic E-state index is 13.4. The fourth-order valence-corrected chi connectivity index (χ4v) is 13.0. The van der Waals surface area contributed by atoms with E-state index in [1.165, 1.54) is 33.4 Å². The first-order chi connectivity index (χ1) is 29.0. The molecule has 6 aromatic rings. The number of rotatable bonds is 15. The number of nitrogens with zero attached hydrogens (tertiary/aromatic N) is 2. The summed E-state index contributed by atoms with van der Waals surface area (Å²) >= 11 is 4.03. The van der Waals surface area contributed by atoms with Crippen LogP contribution in [0.1, 0.15) is 80.3 Å². The molecule has 6 heteroatoms. The summed E-state index contributed by atoms with van der Waals surface area (Å²) in [4.78, 5) is 18.5. The molecule has 6 aromatic carbocycles. The maximum Gasteiger partial charge on any atom is 0.234 e. The van der Waals surface area contributed by atoms with E-state index in [9.17, 15) is 4.79 Å². The highest BCUT2D eigenvalue weighted by Crippen LogP contribution is 2.55. The monoisotopic (exact) mass is 831 g/mol. The molecule has 4 nitrogen and oxygen atoms in total. The standard InChI is InChI=1S/C54H61N3OS2/c1-51(2,59-53(43-25-11-5-12-26-43,44-27-13-6-14-28-44)45-29-15-7-16-30-45)41-56-38-24-23-37-49(50(55)58)57(40-39-56)42-52(3,4)60-54(46-31-17-8-18-32-46,47-33-19-9-20-34-47)48-35-21-10-22-36-48/h5-22,25-36,49H,23-24,37-42H2,1-4H3,(H2,55,58). The number of hydrogen-bond acceptors (Lipinski definition) is 5. The summed E-state index contributed by atoms with van der Waals surface area (Å²) in [5.74, 6) is -0.223. The summed E-state index contributed by atoms with van der Waals surface area (Å²) in [6.07, 6.45) is 2.74. The van der Waals surface area contributed by atoms with Gasteiger partial charge in [0.05, 0.1) is 15.5 Å². The van der Waals surface area contributed by atoms with Crippen molar-refractivity contribution in [3.8, 4) is 0 Å². The minimum Gasteiger partial charge on any atom is -0.368 e. The summed E-state index contributed by atoms with van der Waals surface area (Å²) in [6.45, 7) is 13.7. The Bertz CT molecular complexity index is 2030. The van der Waals surface area contributed by atoms with Crippen molar-refractivity contribution in [2.45, 2.75) is 72.0 Å². The summed E-state index contributed by atoms with van der Waals surface area (Å²) < 4.78 is -1.34. The van der Waals surface area contributed by atoms with E-state index in [0.717, 1.165) is 45.4 Å². The third-order valence-corrected chi connectivity index (χ3v) is 15.2. The molecular weight excluding hydrogens is 771 g/mol. The van der Waals surface area contributed by atoms with Crippen LogP contribution in [0, 0.1) is 0 Å². The van der Waals surface area contributed by atoms with E-state index in [4.69, 9.17) is 5.73 Å². The second-order valence-corrected chi connectivity index (χ2v) is 21.3. The Hall–Kier alpha value is -4.59. The van der Waals surface area contributed by atoms with E-state index < -0.39 is 9.49 Å². The van der Waals surface area contributed by atoms with E-state index in [1.807, 2.05) is 23.5 Å². The molecule has 2 N–H and O–H groups in total. The Labute approximate surface area is 368 Å². The van der Waals surface area contributed by atoms with Crippen molar-refractivity contribution in [2.75, 3.05) is 32.7 Å². The first kappa shape index (κ1) is 43.5. The molecule has 0 saturated carbocycles. The average Bonchev–Trinajstić information content (AvgIpc) is 3.36. The van der Waals surface area contributed by atoms with Gasteiger partial charge in [-0.3, -0.25) is 9.69 Å². The Balaban J connectivity index is 1.19.